The normalized spacial score (nSPS) is 22.6. The largest absolute Gasteiger partial charge is 0.462 e. The van der Waals surface area contributed by atoms with Crippen LogP contribution in [-0.2, 0) is 14.3 Å². The van der Waals surface area contributed by atoms with Crippen molar-refractivity contribution in [2.24, 2.45) is 0 Å². The Morgan fingerprint density at radius 2 is 2.58 bits per heavy atom. The predicted molar refractivity (Wildman–Crippen MR) is 43.9 cm³/mol. The molecule has 12 heavy (non-hydrogen) atoms. The molecule has 0 aromatic carbocycles. The summed E-state index contributed by atoms with van der Waals surface area (Å²) < 4.78 is 10.2. The second-order valence-corrected chi connectivity index (χ2v) is 2.85. The number of esters is 1. The van der Waals surface area contributed by atoms with E-state index < -0.39 is 0 Å². The van der Waals surface area contributed by atoms with Gasteiger partial charge in [0, 0.05) is 6.61 Å². The minimum Gasteiger partial charge on any atom is -0.462 e. The lowest BCUT2D eigenvalue weighted by molar-refractivity contribution is -0.145. The van der Waals surface area contributed by atoms with Gasteiger partial charge in [-0.1, -0.05) is 0 Å². The molecule has 4 heteroatoms. The first-order valence-electron chi connectivity index (χ1n) is 4.24. The maximum Gasteiger partial charge on any atom is 0.320 e. The van der Waals surface area contributed by atoms with Gasteiger partial charge in [0.15, 0.2) is 0 Å². The van der Waals surface area contributed by atoms with Gasteiger partial charge in [0.1, 0.15) is 6.61 Å². The third-order valence-corrected chi connectivity index (χ3v) is 1.78. The zero-order chi connectivity index (χ0) is 8.81. The Balaban J connectivity index is 2.03. The zero-order valence-corrected chi connectivity index (χ0v) is 7.34. The summed E-state index contributed by atoms with van der Waals surface area (Å²) in [5.74, 6) is -0.215. The molecule has 0 saturated carbocycles. The fourth-order valence-electron chi connectivity index (χ4n) is 1.16. The highest BCUT2D eigenvalue weighted by Gasteiger charge is 2.16. The second-order valence-electron chi connectivity index (χ2n) is 2.85. The van der Waals surface area contributed by atoms with Crippen LogP contribution in [0.4, 0.5) is 0 Å². The fourth-order valence-corrected chi connectivity index (χ4v) is 1.16. The van der Waals surface area contributed by atoms with Crippen LogP contribution in [-0.4, -0.2) is 38.9 Å². The third kappa shape index (κ3) is 3.19. The van der Waals surface area contributed by atoms with E-state index in [0.29, 0.717) is 6.61 Å². The molecule has 1 rings (SSSR count). The molecule has 0 spiro atoms. The summed E-state index contributed by atoms with van der Waals surface area (Å²) in [4.78, 5) is 10.9. The molecule has 0 radical (unpaired) electrons. The molecule has 0 aliphatic carbocycles. The van der Waals surface area contributed by atoms with Gasteiger partial charge >= 0.3 is 5.97 Å². The summed E-state index contributed by atoms with van der Waals surface area (Å²) in [5.41, 5.74) is 0. The lowest BCUT2D eigenvalue weighted by atomic mass is 10.2. The molecule has 1 aliphatic heterocycles. The average molecular weight is 173 g/mol. The van der Waals surface area contributed by atoms with E-state index in [-0.39, 0.29) is 18.6 Å². The Morgan fingerprint density at radius 3 is 3.17 bits per heavy atom. The summed E-state index contributed by atoms with van der Waals surface area (Å²) in [5, 5.41) is 2.73. The number of ether oxygens (including phenoxy) is 2. The number of carbonyl (C=O) groups is 1. The number of rotatable bonds is 4. The summed E-state index contributed by atoms with van der Waals surface area (Å²) in [6.45, 7) is 1.47. The molecular formula is C8H15NO3. The summed E-state index contributed by atoms with van der Waals surface area (Å²) >= 11 is 0. The minimum absolute atomic E-state index is 0.130. The maximum atomic E-state index is 10.9. The van der Waals surface area contributed by atoms with E-state index in [1.807, 2.05) is 0 Å². The Morgan fingerprint density at radius 1 is 1.75 bits per heavy atom. The molecule has 1 fully saturated rings. The molecular weight excluding hydrogens is 158 g/mol. The van der Waals surface area contributed by atoms with E-state index in [1.165, 1.54) is 0 Å². The molecule has 0 amide bonds. The SMILES string of the molecule is CNCC(=O)OCC1CCCO1. The van der Waals surface area contributed by atoms with E-state index in [9.17, 15) is 4.79 Å². The molecule has 1 N–H and O–H groups in total. The zero-order valence-electron chi connectivity index (χ0n) is 7.34. The number of carbonyl (C=O) groups excluding carboxylic acids is 1. The van der Waals surface area contributed by atoms with Gasteiger partial charge in [-0.05, 0) is 19.9 Å². The van der Waals surface area contributed by atoms with Crippen LogP contribution in [0.1, 0.15) is 12.8 Å². The number of hydrogen-bond acceptors (Lipinski definition) is 4. The van der Waals surface area contributed by atoms with Crippen LogP contribution in [0.15, 0.2) is 0 Å². The minimum atomic E-state index is -0.215. The molecule has 4 nitrogen and oxygen atoms in total. The molecule has 1 heterocycles. The Bertz CT molecular complexity index is 143. The summed E-state index contributed by atoms with van der Waals surface area (Å²) in [6.07, 6.45) is 2.21. The molecule has 1 atom stereocenters. The van der Waals surface area contributed by atoms with Crippen molar-refractivity contribution in [1.29, 1.82) is 0 Å². The number of hydrogen-bond donors (Lipinski definition) is 1. The smallest absolute Gasteiger partial charge is 0.320 e. The quantitative estimate of drug-likeness (QED) is 0.604. The highest BCUT2D eigenvalue weighted by molar-refractivity contribution is 5.71. The molecule has 70 valence electrons. The Hall–Kier alpha value is -0.610. The van der Waals surface area contributed by atoms with Gasteiger partial charge in [0.25, 0.3) is 0 Å². The first-order valence-corrected chi connectivity index (χ1v) is 4.24. The van der Waals surface area contributed by atoms with Crippen LogP contribution in [0.3, 0.4) is 0 Å². The lowest BCUT2D eigenvalue weighted by Gasteiger charge is -2.09. The molecule has 0 aromatic rings. The predicted octanol–water partition coefficient (Wildman–Crippen LogP) is -0.0720. The number of likely N-dealkylation sites (N-methyl/N-ethyl adjacent to an activating group) is 1. The Kier molecular flexibility index (Phi) is 4.04. The van der Waals surface area contributed by atoms with Gasteiger partial charge in [-0.15, -0.1) is 0 Å². The lowest BCUT2D eigenvalue weighted by Crippen LogP contribution is -2.25. The number of nitrogens with one attached hydrogen (secondary N) is 1. The maximum absolute atomic E-state index is 10.9. The van der Waals surface area contributed by atoms with Crippen LogP contribution < -0.4 is 5.32 Å². The molecule has 1 unspecified atom stereocenters. The van der Waals surface area contributed by atoms with Gasteiger partial charge in [-0.2, -0.15) is 0 Å². The van der Waals surface area contributed by atoms with E-state index in [1.54, 1.807) is 7.05 Å². The Labute approximate surface area is 72.2 Å². The third-order valence-electron chi connectivity index (χ3n) is 1.78. The first-order chi connectivity index (χ1) is 5.83. The summed E-state index contributed by atoms with van der Waals surface area (Å²) in [7, 11) is 1.72. The molecule has 0 bridgehead atoms. The van der Waals surface area contributed by atoms with E-state index in [0.717, 1.165) is 19.4 Å². The fraction of sp³-hybridized carbons (Fsp3) is 0.875. The highest BCUT2D eigenvalue weighted by atomic mass is 16.6. The van der Waals surface area contributed by atoms with Crippen molar-refractivity contribution in [2.45, 2.75) is 18.9 Å². The van der Waals surface area contributed by atoms with Crippen molar-refractivity contribution in [1.82, 2.24) is 5.32 Å². The van der Waals surface area contributed by atoms with Gasteiger partial charge in [0.2, 0.25) is 0 Å². The monoisotopic (exact) mass is 173 g/mol. The van der Waals surface area contributed by atoms with Crippen molar-refractivity contribution in [2.75, 3.05) is 26.8 Å². The van der Waals surface area contributed by atoms with Gasteiger partial charge in [-0.3, -0.25) is 4.79 Å². The highest BCUT2D eigenvalue weighted by Crippen LogP contribution is 2.11. The molecule has 1 aliphatic rings. The van der Waals surface area contributed by atoms with Crippen molar-refractivity contribution in [3.05, 3.63) is 0 Å². The van der Waals surface area contributed by atoms with Crippen LogP contribution in [0.5, 0.6) is 0 Å². The van der Waals surface area contributed by atoms with Gasteiger partial charge < -0.3 is 14.8 Å². The van der Waals surface area contributed by atoms with Crippen molar-refractivity contribution < 1.29 is 14.3 Å². The van der Waals surface area contributed by atoms with E-state index in [4.69, 9.17) is 9.47 Å². The van der Waals surface area contributed by atoms with Crippen LogP contribution in [0, 0.1) is 0 Å². The second kappa shape index (κ2) is 5.11. The molecule has 0 aromatic heterocycles. The van der Waals surface area contributed by atoms with Crippen molar-refractivity contribution in [3.63, 3.8) is 0 Å². The van der Waals surface area contributed by atoms with Crippen LogP contribution in [0.2, 0.25) is 0 Å². The molecule has 1 saturated heterocycles. The van der Waals surface area contributed by atoms with Gasteiger partial charge in [0.05, 0.1) is 12.6 Å². The first kappa shape index (κ1) is 9.48. The topological polar surface area (TPSA) is 47.6 Å². The average Bonchev–Trinajstić information content (AvgIpc) is 2.53. The van der Waals surface area contributed by atoms with Crippen molar-refractivity contribution in [3.8, 4) is 0 Å². The van der Waals surface area contributed by atoms with Crippen LogP contribution >= 0.6 is 0 Å². The van der Waals surface area contributed by atoms with E-state index >= 15 is 0 Å². The summed E-state index contributed by atoms with van der Waals surface area (Å²) in [6, 6.07) is 0. The van der Waals surface area contributed by atoms with Crippen LogP contribution in [0.25, 0.3) is 0 Å². The standard InChI is InChI=1S/C8H15NO3/c1-9-5-8(10)12-6-7-3-2-4-11-7/h7,9H,2-6H2,1H3. The van der Waals surface area contributed by atoms with Gasteiger partial charge in [-0.25, -0.2) is 0 Å². The van der Waals surface area contributed by atoms with E-state index in [2.05, 4.69) is 5.32 Å². The van der Waals surface area contributed by atoms with Crippen molar-refractivity contribution >= 4 is 5.97 Å².